The van der Waals surface area contributed by atoms with E-state index in [0.29, 0.717) is 43.5 Å². The topological polar surface area (TPSA) is 69.9 Å². The highest BCUT2D eigenvalue weighted by atomic mass is 35.5. The summed E-state index contributed by atoms with van der Waals surface area (Å²) in [6.45, 7) is 7.70. The lowest BCUT2D eigenvalue weighted by molar-refractivity contribution is -0.128. The second-order valence-corrected chi connectivity index (χ2v) is 9.48. The van der Waals surface area contributed by atoms with Gasteiger partial charge in [0.2, 0.25) is 11.8 Å². The van der Waals surface area contributed by atoms with Crippen molar-refractivity contribution >= 4 is 29.1 Å². The summed E-state index contributed by atoms with van der Waals surface area (Å²) in [5.74, 6) is 0.114. The first-order valence-electron chi connectivity index (χ1n) is 11.5. The SMILES string of the molecule is CC(C)CN(C)C(C(N)=O)c1ccccc1N1CCN(C(=O)[CH]Cc2ccc(Cl)cc2)CC1. The summed E-state index contributed by atoms with van der Waals surface area (Å²) in [7, 11) is 1.94. The summed E-state index contributed by atoms with van der Waals surface area (Å²) >= 11 is 5.93. The molecule has 0 bridgehead atoms. The van der Waals surface area contributed by atoms with E-state index in [4.69, 9.17) is 17.3 Å². The molecule has 2 aromatic rings. The second kappa shape index (κ2) is 11.5. The van der Waals surface area contributed by atoms with Crippen LogP contribution in [-0.2, 0) is 16.0 Å². The number of anilines is 1. The summed E-state index contributed by atoms with van der Waals surface area (Å²) in [4.78, 5) is 31.3. The number of nitrogens with zero attached hydrogens (tertiary/aromatic N) is 3. The molecule has 7 heteroatoms. The van der Waals surface area contributed by atoms with Crippen LogP contribution >= 0.6 is 11.6 Å². The molecule has 1 aliphatic rings. The minimum Gasteiger partial charge on any atom is -0.368 e. The molecule has 2 N–H and O–H groups in total. The van der Waals surface area contributed by atoms with Gasteiger partial charge in [-0.05, 0) is 43.1 Å². The van der Waals surface area contributed by atoms with Crippen LogP contribution in [0.15, 0.2) is 48.5 Å². The third-order valence-electron chi connectivity index (χ3n) is 5.95. The van der Waals surface area contributed by atoms with Crippen molar-refractivity contribution in [2.24, 2.45) is 11.7 Å². The summed E-state index contributed by atoms with van der Waals surface area (Å²) in [5, 5.41) is 0.690. The predicted molar refractivity (Wildman–Crippen MR) is 134 cm³/mol. The lowest BCUT2D eigenvalue weighted by Gasteiger charge is -2.38. The molecular formula is C26H34ClN4O2. The second-order valence-electron chi connectivity index (χ2n) is 9.04. The van der Waals surface area contributed by atoms with Crippen LogP contribution in [-0.4, -0.2) is 61.4 Å². The predicted octanol–water partition coefficient (Wildman–Crippen LogP) is 3.55. The smallest absolute Gasteiger partial charge is 0.239 e. The van der Waals surface area contributed by atoms with Crippen molar-refractivity contribution in [2.75, 3.05) is 44.7 Å². The average Bonchev–Trinajstić information content (AvgIpc) is 2.78. The minimum absolute atomic E-state index is 0.0459. The lowest BCUT2D eigenvalue weighted by atomic mass is 10.00. The van der Waals surface area contributed by atoms with Crippen LogP contribution in [0, 0.1) is 12.3 Å². The number of primary amides is 1. The van der Waals surface area contributed by atoms with Crippen LogP contribution < -0.4 is 10.6 Å². The number of halogens is 1. The van der Waals surface area contributed by atoms with Crippen molar-refractivity contribution in [3.63, 3.8) is 0 Å². The summed E-state index contributed by atoms with van der Waals surface area (Å²) in [5.41, 5.74) is 8.82. The summed E-state index contributed by atoms with van der Waals surface area (Å²) in [6.07, 6.45) is 2.32. The van der Waals surface area contributed by atoms with Gasteiger partial charge in [-0.3, -0.25) is 14.5 Å². The van der Waals surface area contributed by atoms with Crippen molar-refractivity contribution in [1.29, 1.82) is 0 Å². The molecule has 0 spiro atoms. The number of para-hydroxylation sites is 1. The molecule has 1 heterocycles. The van der Waals surface area contributed by atoms with Gasteiger partial charge in [0, 0.05) is 49.0 Å². The number of rotatable bonds is 9. The molecule has 2 aromatic carbocycles. The van der Waals surface area contributed by atoms with E-state index in [1.165, 1.54) is 0 Å². The van der Waals surface area contributed by atoms with Crippen LogP contribution in [0.2, 0.25) is 5.02 Å². The van der Waals surface area contributed by atoms with Crippen LogP contribution in [0.25, 0.3) is 0 Å². The molecule has 0 saturated carbocycles. The first kappa shape index (κ1) is 25.1. The highest BCUT2D eigenvalue weighted by Crippen LogP contribution is 2.31. The van der Waals surface area contributed by atoms with E-state index in [-0.39, 0.29) is 11.8 Å². The van der Waals surface area contributed by atoms with Gasteiger partial charge in [0.15, 0.2) is 0 Å². The molecular weight excluding hydrogens is 436 g/mol. The third-order valence-corrected chi connectivity index (χ3v) is 6.20. The van der Waals surface area contributed by atoms with Gasteiger partial charge in [-0.2, -0.15) is 0 Å². The van der Waals surface area contributed by atoms with Crippen molar-refractivity contribution in [1.82, 2.24) is 9.80 Å². The van der Waals surface area contributed by atoms with Gasteiger partial charge in [0.25, 0.3) is 0 Å². The molecule has 1 fully saturated rings. The fourth-order valence-electron chi connectivity index (χ4n) is 4.42. The highest BCUT2D eigenvalue weighted by molar-refractivity contribution is 6.30. The Balaban J connectivity index is 1.64. The quantitative estimate of drug-likeness (QED) is 0.609. The van der Waals surface area contributed by atoms with E-state index in [0.717, 1.165) is 23.4 Å². The van der Waals surface area contributed by atoms with E-state index in [2.05, 4.69) is 18.7 Å². The number of likely N-dealkylation sites (N-methyl/N-ethyl adjacent to an activating group) is 1. The molecule has 1 aliphatic heterocycles. The maximum absolute atomic E-state index is 12.7. The van der Waals surface area contributed by atoms with Gasteiger partial charge in [-0.25, -0.2) is 0 Å². The van der Waals surface area contributed by atoms with Gasteiger partial charge in [0.05, 0.1) is 6.42 Å². The lowest BCUT2D eigenvalue weighted by Crippen LogP contribution is -2.49. The Morgan fingerprint density at radius 3 is 2.30 bits per heavy atom. The van der Waals surface area contributed by atoms with Gasteiger partial charge in [-0.15, -0.1) is 0 Å². The first-order valence-corrected chi connectivity index (χ1v) is 11.8. The molecule has 1 saturated heterocycles. The highest BCUT2D eigenvalue weighted by Gasteiger charge is 2.29. The molecule has 6 nitrogen and oxygen atoms in total. The van der Waals surface area contributed by atoms with E-state index < -0.39 is 6.04 Å². The Morgan fingerprint density at radius 1 is 1.06 bits per heavy atom. The molecule has 1 unspecified atom stereocenters. The zero-order valence-electron chi connectivity index (χ0n) is 19.7. The van der Waals surface area contributed by atoms with Gasteiger partial charge in [0.1, 0.15) is 6.04 Å². The van der Waals surface area contributed by atoms with Crippen molar-refractivity contribution in [2.45, 2.75) is 26.3 Å². The Hall–Kier alpha value is -2.57. The minimum atomic E-state index is -0.490. The number of carbonyl (C=O) groups excluding carboxylic acids is 2. The largest absolute Gasteiger partial charge is 0.368 e. The number of nitrogens with two attached hydrogens (primary N) is 1. The fraction of sp³-hybridized carbons (Fsp3) is 0.423. The zero-order valence-corrected chi connectivity index (χ0v) is 20.5. The number of hydrogen-bond donors (Lipinski definition) is 1. The molecule has 0 aromatic heterocycles. The van der Waals surface area contributed by atoms with Gasteiger partial charge < -0.3 is 15.5 Å². The third kappa shape index (κ3) is 6.71. The average molecular weight is 470 g/mol. The van der Waals surface area contributed by atoms with E-state index in [1.54, 1.807) is 6.42 Å². The Bertz CT molecular complexity index is 940. The molecule has 1 atom stereocenters. The summed E-state index contributed by atoms with van der Waals surface area (Å²) in [6, 6.07) is 15.0. The molecule has 2 amide bonds. The van der Waals surface area contributed by atoms with Crippen molar-refractivity contribution < 1.29 is 9.59 Å². The maximum atomic E-state index is 12.7. The molecule has 3 rings (SSSR count). The number of hydrogen-bond acceptors (Lipinski definition) is 4. The Morgan fingerprint density at radius 2 is 1.70 bits per heavy atom. The first-order chi connectivity index (χ1) is 15.8. The monoisotopic (exact) mass is 469 g/mol. The summed E-state index contributed by atoms with van der Waals surface area (Å²) < 4.78 is 0. The fourth-order valence-corrected chi connectivity index (χ4v) is 4.54. The maximum Gasteiger partial charge on any atom is 0.239 e. The number of amides is 2. The van der Waals surface area contributed by atoms with Gasteiger partial charge >= 0.3 is 0 Å². The molecule has 0 aliphatic carbocycles. The number of carbonyl (C=O) groups is 2. The van der Waals surface area contributed by atoms with Crippen molar-refractivity contribution in [3.8, 4) is 0 Å². The zero-order chi connectivity index (χ0) is 24.0. The Kier molecular flexibility index (Phi) is 8.75. The molecule has 33 heavy (non-hydrogen) atoms. The van der Waals surface area contributed by atoms with Crippen molar-refractivity contribution in [3.05, 3.63) is 71.1 Å². The molecule has 1 radical (unpaired) electrons. The van der Waals surface area contributed by atoms with E-state index in [1.807, 2.05) is 65.4 Å². The Labute approximate surface area is 202 Å². The number of piperazine rings is 1. The molecule has 177 valence electrons. The normalized spacial score (nSPS) is 15.2. The van der Waals surface area contributed by atoms with Crippen LogP contribution in [0.5, 0.6) is 0 Å². The van der Waals surface area contributed by atoms with E-state index in [9.17, 15) is 9.59 Å². The van der Waals surface area contributed by atoms with E-state index >= 15 is 0 Å². The standard InChI is InChI=1S/C26H34ClN4O2/c1-19(2)18-29(3)25(26(28)33)22-6-4-5-7-23(22)30-14-16-31(17-15-30)24(32)13-10-20-8-11-21(27)12-9-20/h4-9,11-13,19,25H,10,14-18H2,1-3H3,(H2,28,33). The van der Waals surface area contributed by atoms with Crippen LogP contribution in [0.4, 0.5) is 5.69 Å². The van der Waals surface area contributed by atoms with Crippen LogP contribution in [0.1, 0.15) is 31.0 Å². The number of benzene rings is 2. The van der Waals surface area contributed by atoms with Gasteiger partial charge in [-0.1, -0.05) is 55.8 Å². The van der Waals surface area contributed by atoms with Crippen LogP contribution in [0.3, 0.4) is 0 Å².